The van der Waals surface area contributed by atoms with E-state index in [1.54, 1.807) is 0 Å². The minimum absolute atomic E-state index is 0.0295. The van der Waals surface area contributed by atoms with E-state index < -0.39 is 41.5 Å². The van der Waals surface area contributed by atoms with E-state index in [1.807, 2.05) is 0 Å². The molecule has 1 aromatic carbocycles. The van der Waals surface area contributed by atoms with Crippen molar-refractivity contribution in [2.24, 2.45) is 7.05 Å². The first-order valence-electron chi connectivity index (χ1n) is 7.89. The van der Waals surface area contributed by atoms with Crippen LogP contribution in [0.2, 0.25) is 0 Å². The maximum absolute atomic E-state index is 13.5. The van der Waals surface area contributed by atoms with Crippen LogP contribution in [-0.4, -0.2) is 45.4 Å². The Labute approximate surface area is 156 Å². The summed E-state index contributed by atoms with van der Waals surface area (Å²) in [4.78, 5) is 25.6. The minimum atomic E-state index is -5.01. The molecule has 0 aliphatic carbocycles. The molecular weight excluding hydrogens is 385 g/mol. The van der Waals surface area contributed by atoms with Crippen LogP contribution in [0.3, 0.4) is 0 Å². The lowest BCUT2D eigenvalue weighted by molar-refractivity contribution is -0.384. The number of non-ortho nitro benzene ring substituents is 1. The number of carbonyl (C=O) groups is 1. The second kappa shape index (κ2) is 7.84. The molecule has 2 rings (SSSR count). The Morgan fingerprint density at radius 3 is 2.61 bits per heavy atom. The van der Waals surface area contributed by atoms with Gasteiger partial charge in [0.2, 0.25) is 5.60 Å². The van der Waals surface area contributed by atoms with Crippen LogP contribution in [0.25, 0.3) is 0 Å². The van der Waals surface area contributed by atoms with Gasteiger partial charge in [-0.25, -0.2) is 9.78 Å². The van der Waals surface area contributed by atoms with Crippen LogP contribution in [-0.2, 0) is 17.4 Å². The first-order chi connectivity index (χ1) is 13.0. The lowest BCUT2D eigenvalue weighted by Gasteiger charge is -2.30. The zero-order valence-corrected chi connectivity index (χ0v) is 14.9. The van der Waals surface area contributed by atoms with Gasteiger partial charge in [0.15, 0.2) is 0 Å². The highest BCUT2D eigenvalue weighted by Gasteiger charge is 2.57. The van der Waals surface area contributed by atoms with Gasteiger partial charge in [0, 0.05) is 50.2 Å². The molecule has 2 aromatic rings. The predicted octanol–water partition coefficient (Wildman–Crippen LogP) is 2.37. The van der Waals surface area contributed by atoms with Gasteiger partial charge in [0.05, 0.1) is 17.6 Å². The average Bonchev–Trinajstić information content (AvgIpc) is 3.06. The molecule has 0 saturated heterocycles. The molecule has 1 heterocycles. The van der Waals surface area contributed by atoms with Gasteiger partial charge < -0.3 is 19.7 Å². The first-order valence-corrected chi connectivity index (χ1v) is 7.89. The van der Waals surface area contributed by atoms with Crippen LogP contribution in [0.5, 0.6) is 0 Å². The molecule has 1 unspecified atom stereocenters. The molecule has 0 spiro atoms. The Bertz CT molecular complexity index is 883. The fourth-order valence-corrected chi connectivity index (χ4v) is 2.60. The number of aryl methyl sites for hydroxylation is 1. The number of aliphatic hydroxyl groups is 1. The number of nitro benzene ring substituents is 1. The Balaban J connectivity index is 2.26. The quantitative estimate of drug-likeness (QED) is 0.414. The van der Waals surface area contributed by atoms with Crippen LogP contribution in [0.4, 0.5) is 24.5 Å². The molecular formula is C16H17F3N4O5. The fraction of sp³-hybridized carbons (Fsp3) is 0.375. The minimum Gasteiger partial charge on any atom is -0.465 e. The van der Waals surface area contributed by atoms with Gasteiger partial charge in [-0.3, -0.25) is 10.1 Å². The van der Waals surface area contributed by atoms with Gasteiger partial charge in [-0.15, -0.1) is 0 Å². The molecule has 152 valence electrons. The predicted molar refractivity (Wildman–Crippen MR) is 90.7 cm³/mol. The summed E-state index contributed by atoms with van der Waals surface area (Å²) in [6.07, 6.45) is -3.43. The van der Waals surface area contributed by atoms with E-state index >= 15 is 0 Å². The monoisotopic (exact) mass is 402 g/mol. The Morgan fingerprint density at radius 1 is 1.43 bits per heavy atom. The average molecular weight is 402 g/mol. The lowest BCUT2D eigenvalue weighted by atomic mass is 9.97. The molecule has 28 heavy (non-hydrogen) atoms. The number of alkyl halides is 3. The molecule has 0 fully saturated rings. The standard InChI is InChI=1S/C16H17F3N4O5/c1-22-8-7-21-14(22)15(25,16(17,18)19)5-6-20-12-4-3-10(23(26)27)9-11(12)13(24)28-2/h3-4,7-9,20,25H,5-6H2,1-2H3. The molecule has 0 saturated carbocycles. The molecule has 9 nitrogen and oxygen atoms in total. The Hall–Kier alpha value is -3.15. The number of benzene rings is 1. The largest absolute Gasteiger partial charge is 0.465 e. The topological polar surface area (TPSA) is 120 Å². The van der Waals surface area contributed by atoms with E-state index in [9.17, 15) is 33.2 Å². The number of aromatic nitrogens is 2. The Morgan fingerprint density at radius 2 is 2.11 bits per heavy atom. The van der Waals surface area contributed by atoms with Crippen molar-refractivity contribution < 1.29 is 32.7 Å². The van der Waals surface area contributed by atoms with Crippen molar-refractivity contribution in [1.29, 1.82) is 0 Å². The number of rotatable bonds is 7. The number of ether oxygens (including phenoxy) is 1. The van der Waals surface area contributed by atoms with E-state index in [1.165, 1.54) is 19.3 Å². The highest BCUT2D eigenvalue weighted by molar-refractivity contribution is 5.96. The molecule has 1 atom stereocenters. The fourth-order valence-electron chi connectivity index (χ4n) is 2.60. The van der Waals surface area contributed by atoms with E-state index in [4.69, 9.17) is 0 Å². The van der Waals surface area contributed by atoms with Crippen LogP contribution in [0.1, 0.15) is 22.6 Å². The van der Waals surface area contributed by atoms with Crippen LogP contribution < -0.4 is 5.32 Å². The van der Waals surface area contributed by atoms with E-state index in [2.05, 4.69) is 15.0 Å². The van der Waals surface area contributed by atoms with Gasteiger partial charge >= 0.3 is 12.1 Å². The van der Waals surface area contributed by atoms with Crippen molar-refractivity contribution in [3.05, 3.63) is 52.1 Å². The SMILES string of the molecule is COC(=O)c1cc([N+](=O)[O-])ccc1NCCC(O)(c1nccn1C)C(F)(F)F. The van der Waals surface area contributed by atoms with Crippen molar-refractivity contribution >= 4 is 17.3 Å². The van der Waals surface area contributed by atoms with Crippen molar-refractivity contribution in [3.63, 3.8) is 0 Å². The van der Waals surface area contributed by atoms with Gasteiger partial charge in [-0.1, -0.05) is 0 Å². The second-order valence-corrected chi connectivity index (χ2v) is 5.88. The second-order valence-electron chi connectivity index (χ2n) is 5.88. The van der Waals surface area contributed by atoms with Gasteiger partial charge in [0.25, 0.3) is 5.69 Å². The number of anilines is 1. The Kier molecular flexibility index (Phi) is 5.92. The van der Waals surface area contributed by atoms with Crippen molar-refractivity contribution in [2.75, 3.05) is 19.0 Å². The maximum atomic E-state index is 13.5. The summed E-state index contributed by atoms with van der Waals surface area (Å²) in [6, 6.07) is 3.21. The number of nitro groups is 1. The maximum Gasteiger partial charge on any atom is 0.424 e. The summed E-state index contributed by atoms with van der Waals surface area (Å²) >= 11 is 0. The molecule has 0 aliphatic heterocycles. The normalized spacial score (nSPS) is 13.6. The number of methoxy groups -OCH3 is 1. The third-order valence-corrected chi connectivity index (χ3v) is 4.08. The number of esters is 1. The number of nitrogens with zero attached hydrogens (tertiary/aromatic N) is 3. The van der Waals surface area contributed by atoms with Crippen molar-refractivity contribution in [1.82, 2.24) is 9.55 Å². The lowest BCUT2D eigenvalue weighted by Crippen LogP contribution is -2.45. The van der Waals surface area contributed by atoms with E-state index in [-0.39, 0.29) is 16.9 Å². The zero-order chi connectivity index (χ0) is 21.1. The molecule has 0 amide bonds. The molecule has 2 N–H and O–H groups in total. The number of imidazole rings is 1. The van der Waals surface area contributed by atoms with Crippen LogP contribution in [0.15, 0.2) is 30.6 Å². The third-order valence-electron chi connectivity index (χ3n) is 4.08. The molecule has 0 bridgehead atoms. The summed E-state index contributed by atoms with van der Waals surface area (Å²) < 4.78 is 46.1. The van der Waals surface area contributed by atoms with Crippen LogP contribution in [0, 0.1) is 10.1 Å². The highest BCUT2D eigenvalue weighted by Crippen LogP contribution is 2.40. The summed E-state index contributed by atoms with van der Waals surface area (Å²) in [5.41, 5.74) is -3.80. The van der Waals surface area contributed by atoms with E-state index in [0.717, 1.165) is 30.0 Å². The number of halogens is 3. The third kappa shape index (κ3) is 4.06. The van der Waals surface area contributed by atoms with Crippen molar-refractivity contribution in [2.45, 2.75) is 18.2 Å². The van der Waals surface area contributed by atoms with Crippen LogP contribution >= 0.6 is 0 Å². The number of carbonyl (C=O) groups excluding carboxylic acids is 1. The molecule has 0 radical (unpaired) electrons. The van der Waals surface area contributed by atoms with E-state index in [0.29, 0.717) is 0 Å². The van der Waals surface area contributed by atoms with Gasteiger partial charge in [-0.2, -0.15) is 13.2 Å². The highest BCUT2D eigenvalue weighted by atomic mass is 19.4. The summed E-state index contributed by atoms with van der Waals surface area (Å²) in [5.74, 6) is -1.49. The smallest absolute Gasteiger partial charge is 0.424 e. The summed E-state index contributed by atoms with van der Waals surface area (Å²) in [6.45, 7) is -0.412. The number of hydrogen-bond acceptors (Lipinski definition) is 7. The van der Waals surface area contributed by atoms with Gasteiger partial charge in [0.1, 0.15) is 5.82 Å². The summed E-state index contributed by atoms with van der Waals surface area (Å²) in [5, 5.41) is 23.7. The molecule has 12 heteroatoms. The molecule has 1 aromatic heterocycles. The first kappa shape index (κ1) is 21.2. The molecule has 0 aliphatic rings. The number of hydrogen-bond donors (Lipinski definition) is 2. The number of nitrogens with one attached hydrogen (secondary N) is 1. The summed E-state index contributed by atoms with van der Waals surface area (Å²) in [7, 11) is 2.38. The zero-order valence-electron chi connectivity index (χ0n) is 14.9. The van der Waals surface area contributed by atoms with Gasteiger partial charge in [-0.05, 0) is 6.07 Å². The van der Waals surface area contributed by atoms with Crippen molar-refractivity contribution in [3.8, 4) is 0 Å².